The lowest BCUT2D eigenvalue weighted by molar-refractivity contribution is -0.126. The minimum atomic E-state index is -0.194. The summed E-state index contributed by atoms with van der Waals surface area (Å²) in [6, 6.07) is -0.194. The van der Waals surface area contributed by atoms with Crippen molar-refractivity contribution in [2.75, 3.05) is 13.2 Å². The highest BCUT2D eigenvalue weighted by molar-refractivity contribution is 5.79. The third-order valence-corrected chi connectivity index (χ3v) is 2.06. The van der Waals surface area contributed by atoms with Crippen molar-refractivity contribution in [2.24, 2.45) is 17.6 Å². The predicted molar refractivity (Wildman–Crippen MR) is 52.1 cm³/mol. The lowest BCUT2D eigenvalue weighted by atomic mass is 9.95. The van der Waals surface area contributed by atoms with Gasteiger partial charge in [-0.05, 0) is 12.8 Å². The van der Waals surface area contributed by atoms with Gasteiger partial charge in [-0.2, -0.15) is 0 Å². The molecule has 0 spiro atoms. The van der Waals surface area contributed by atoms with Crippen molar-refractivity contribution in [1.29, 1.82) is 0 Å². The second-order valence-electron chi connectivity index (χ2n) is 3.68. The van der Waals surface area contributed by atoms with Gasteiger partial charge in [-0.25, -0.2) is 0 Å². The van der Waals surface area contributed by atoms with Gasteiger partial charge in [0.25, 0.3) is 0 Å². The fourth-order valence-corrected chi connectivity index (χ4v) is 1.08. The van der Waals surface area contributed by atoms with Gasteiger partial charge in [0.2, 0.25) is 5.91 Å². The van der Waals surface area contributed by atoms with Crippen molar-refractivity contribution >= 4 is 5.91 Å². The van der Waals surface area contributed by atoms with Gasteiger partial charge < -0.3 is 16.2 Å². The highest BCUT2D eigenvalue weighted by atomic mass is 16.3. The number of aliphatic hydroxyl groups is 1. The van der Waals surface area contributed by atoms with Crippen LogP contribution in [0.4, 0.5) is 0 Å². The molecule has 0 aliphatic carbocycles. The molecule has 4 nitrogen and oxygen atoms in total. The summed E-state index contributed by atoms with van der Waals surface area (Å²) in [6.45, 7) is 5.98. The van der Waals surface area contributed by atoms with Crippen molar-refractivity contribution in [2.45, 2.75) is 26.8 Å². The third kappa shape index (κ3) is 4.24. The average molecular weight is 188 g/mol. The Bertz CT molecular complexity index is 160. The molecule has 4 heteroatoms. The molecule has 0 heterocycles. The van der Waals surface area contributed by atoms with Crippen molar-refractivity contribution < 1.29 is 9.90 Å². The summed E-state index contributed by atoms with van der Waals surface area (Å²) in [7, 11) is 0. The number of carbonyl (C=O) groups is 1. The molecule has 0 saturated heterocycles. The molecule has 0 radical (unpaired) electrons. The Labute approximate surface area is 79.5 Å². The van der Waals surface area contributed by atoms with Gasteiger partial charge in [-0.3, -0.25) is 4.79 Å². The van der Waals surface area contributed by atoms with E-state index in [1.807, 2.05) is 13.8 Å². The second-order valence-corrected chi connectivity index (χ2v) is 3.68. The third-order valence-electron chi connectivity index (χ3n) is 2.06. The van der Waals surface area contributed by atoms with Crippen LogP contribution >= 0.6 is 0 Å². The van der Waals surface area contributed by atoms with Crippen LogP contribution < -0.4 is 11.1 Å². The summed E-state index contributed by atoms with van der Waals surface area (Å²) in [5, 5.41) is 11.4. The van der Waals surface area contributed by atoms with E-state index in [0.717, 1.165) is 0 Å². The molecule has 0 aliphatic rings. The molecule has 0 saturated carbocycles. The number of aliphatic hydroxyl groups excluding tert-OH is 1. The van der Waals surface area contributed by atoms with Gasteiger partial charge in [-0.1, -0.05) is 13.8 Å². The van der Waals surface area contributed by atoms with Crippen LogP contribution in [0, 0.1) is 11.8 Å². The quantitative estimate of drug-likeness (QED) is 0.555. The van der Waals surface area contributed by atoms with Crippen LogP contribution in [-0.2, 0) is 4.79 Å². The Morgan fingerprint density at radius 1 is 1.46 bits per heavy atom. The average Bonchev–Trinajstić information content (AvgIpc) is 2.04. The maximum atomic E-state index is 11.5. The van der Waals surface area contributed by atoms with E-state index in [1.54, 1.807) is 6.92 Å². The lowest BCUT2D eigenvalue weighted by Gasteiger charge is -2.20. The minimum absolute atomic E-state index is 0.0405. The molecule has 0 rings (SSSR count). The summed E-state index contributed by atoms with van der Waals surface area (Å²) >= 11 is 0. The van der Waals surface area contributed by atoms with Crippen LogP contribution in [0.5, 0.6) is 0 Å². The van der Waals surface area contributed by atoms with Crippen molar-refractivity contribution in [1.82, 2.24) is 5.32 Å². The first-order valence-electron chi connectivity index (χ1n) is 4.64. The topological polar surface area (TPSA) is 75.4 Å². The number of carbonyl (C=O) groups excluding carboxylic acids is 1. The van der Waals surface area contributed by atoms with Gasteiger partial charge in [0.1, 0.15) is 0 Å². The van der Waals surface area contributed by atoms with Gasteiger partial charge in [-0.15, -0.1) is 0 Å². The molecule has 78 valence electrons. The smallest absolute Gasteiger partial charge is 0.224 e. The highest BCUT2D eigenvalue weighted by Gasteiger charge is 2.21. The van der Waals surface area contributed by atoms with Crippen LogP contribution in [0.2, 0.25) is 0 Å². The standard InChI is InChI=1S/C9H20N2O2/c1-6(2)8(4-10)9(13)11-7(3)5-12/h6-8,12H,4-5,10H2,1-3H3,(H,11,13)/t7-,8?/m0/s1. The van der Waals surface area contributed by atoms with Crippen LogP contribution in [0.3, 0.4) is 0 Å². The molecule has 1 unspecified atom stereocenters. The maximum Gasteiger partial charge on any atom is 0.224 e. The Balaban J connectivity index is 4.06. The van der Waals surface area contributed by atoms with E-state index in [1.165, 1.54) is 0 Å². The summed E-state index contributed by atoms with van der Waals surface area (Å²) < 4.78 is 0. The van der Waals surface area contributed by atoms with Crippen LogP contribution in [0.25, 0.3) is 0 Å². The summed E-state index contributed by atoms with van der Waals surface area (Å²) in [5.74, 6) is 0.00365. The fraction of sp³-hybridized carbons (Fsp3) is 0.889. The highest BCUT2D eigenvalue weighted by Crippen LogP contribution is 2.09. The van der Waals surface area contributed by atoms with Gasteiger partial charge >= 0.3 is 0 Å². The van der Waals surface area contributed by atoms with Gasteiger partial charge in [0.05, 0.1) is 12.5 Å². The Hall–Kier alpha value is -0.610. The number of hydrogen-bond acceptors (Lipinski definition) is 3. The number of amides is 1. The number of nitrogens with one attached hydrogen (secondary N) is 1. The molecule has 13 heavy (non-hydrogen) atoms. The SMILES string of the molecule is CC(C)C(CN)C(=O)N[C@@H](C)CO. The molecule has 0 aromatic heterocycles. The molecule has 2 atom stereocenters. The van der Waals surface area contributed by atoms with Gasteiger partial charge in [0, 0.05) is 12.6 Å². The molecule has 0 fully saturated rings. The largest absolute Gasteiger partial charge is 0.394 e. The molecule has 0 aliphatic heterocycles. The van der Waals surface area contributed by atoms with Crippen molar-refractivity contribution in [3.63, 3.8) is 0 Å². The van der Waals surface area contributed by atoms with Crippen molar-refractivity contribution in [3.8, 4) is 0 Å². The normalized spacial score (nSPS) is 15.5. The molecule has 4 N–H and O–H groups in total. The number of nitrogens with two attached hydrogens (primary N) is 1. The first kappa shape index (κ1) is 12.4. The van der Waals surface area contributed by atoms with Crippen molar-refractivity contribution in [3.05, 3.63) is 0 Å². The first-order chi connectivity index (χ1) is 6.02. The number of hydrogen-bond donors (Lipinski definition) is 3. The van der Waals surface area contributed by atoms with Crippen LogP contribution in [0.15, 0.2) is 0 Å². The monoisotopic (exact) mass is 188 g/mol. The molecule has 0 aromatic rings. The van der Waals surface area contributed by atoms with E-state index < -0.39 is 0 Å². The molecular weight excluding hydrogens is 168 g/mol. The van der Waals surface area contributed by atoms with E-state index in [2.05, 4.69) is 5.32 Å². The van der Waals surface area contributed by atoms with E-state index in [0.29, 0.717) is 6.54 Å². The fourth-order valence-electron chi connectivity index (χ4n) is 1.08. The van der Waals surface area contributed by atoms with Crippen LogP contribution in [-0.4, -0.2) is 30.2 Å². The molecular formula is C9H20N2O2. The van der Waals surface area contributed by atoms with E-state index in [9.17, 15) is 4.79 Å². The maximum absolute atomic E-state index is 11.5. The zero-order chi connectivity index (χ0) is 10.4. The van der Waals surface area contributed by atoms with Crippen LogP contribution in [0.1, 0.15) is 20.8 Å². The Kier molecular flexibility index (Phi) is 5.66. The van der Waals surface area contributed by atoms with E-state index in [4.69, 9.17) is 10.8 Å². The summed E-state index contributed by atoms with van der Waals surface area (Å²) in [4.78, 5) is 11.5. The zero-order valence-electron chi connectivity index (χ0n) is 8.58. The van der Waals surface area contributed by atoms with Gasteiger partial charge in [0.15, 0.2) is 0 Å². The zero-order valence-corrected chi connectivity index (χ0v) is 8.58. The Morgan fingerprint density at radius 3 is 2.31 bits per heavy atom. The lowest BCUT2D eigenvalue weighted by Crippen LogP contribution is -2.43. The van der Waals surface area contributed by atoms with E-state index in [-0.39, 0.29) is 30.4 Å². The first-order valence-corrected chi connectivity index (χ1v) is 4.64. The summed E-state index contributed by atoms with van der Waals surface area (Å²) in [5.41, 5.74) is 5.47. The second kappa shape index (κ2) is 5.94. The predicted octanol–water partition coefficient (Wildman–Crippen LogP) is -0.286. The molecule has 0 aromatic carbocycles. The molecule has 1 amide bonds. The van der Waals surface area contributed by atoms with E-state index >= 15 is 0 Å². The minimum Gasteiger partial charge on any atom is -0.394 e. The number of rotatable bonds is 5. The Morgan fingerprint density at radius 2 is 2.00 bits per heavy atom. The summed E-state index contributed by atoms with van der Waals surface area (Å²) in [6.07, 6.45) is 0. The molecule has 0 bridgehead atoms.